The highest BCUT2D eigenvalue weighted by atomic mass is 19.1. The minimum atomic E-state index is -0.258. The van der Waals surface area contributed by atoms with Gasteiger partial charge in [0.15, 0.2) is 11.5 Å². The lowest BCUT2D eigenvalue weighted by molar-refractivity contribution is 0.143. The van der Waals surface area contributed by atoms with E-state index >= 15 is 0 Å². The highest BCUT2D eigenvalue weighted by molar-refractivity contribution is 5.84. The van der Waals surface area contributed by atoms with Crippen LogP contribution in [0.15, 0.2) is 48.5 Å². The molecule has 0 amide bonds. The van der Waals surface area contributed by atoms with Crippen LogP contribution in [0.1, 0.15) is 50.7 Å². The van der Waals surface area contributed by atoms with E-state index in [1.807, 2.05) is 0 Å². The van der Waals surface area contributed by atoms with Crippen LogP contribution in [0.4, 0.5) is 10.1 Å². The Morgan fingerprint density at radius 1 is 0.750 bits per heavy atom. The summed E-state index contributed by atoms with van der Waals surface area (Å²) in [5.74, 6) is 1.14. The van der Waals surface area contributed by atoms with Gasteiger partial charge in [-0.25, -0.2) is 4.39 Å². The Kier molecular flexibility index (Phi) is 7.35. The number of hydrogen-bond acceptors (Lipinski definition) is 3. The van der Waals surface area contributed by atoms with E-state index in [0.29, 0.717) is 19.0 Å². The topological polar surface area (TPSA) is 21.7 Å². The molecular weight excluding hydrogens is 353 g/mol. The van der Waals surface area contributed by atoms with Crippen LogP contribution in [0.25, 0.3) is 11.5 Å². The van der Waals surface area contributed by atoms with Crippen LogP contribution in [-0.4, -0.2) is 26.3 Å². The summed E-state index contributed by atoms with van der Waals surface area (Å²) in [6.45, 7) is 7.63. The summed E-state index contributed by atoms with van der Waals surface area (Å²) in [6.07, 6.45) is 4.78. The second-order valence-electron chi connectivity index (χ2n) is 7.10. The fraction of sp³-hybridized carbons (Fsp3) is 0.417. The van der Waals surface area contributed by atoms with Gasteiger partial charge >= 0.3 is 0 Å². The van der Waals surface area contributed by atoms with E-state index in [4.69, 9.17) is 9.47 Å². The molecule has 0 aromatic heterocycles. The molecule has 0 bridgehead atoms. The van der Waals surface area contributed by atoms with Crippen molar-refractivity contribution in [3.05, 3.63) is 65.5 Å². The Morgan fingerprint density at radius 3 is 1.68 bits per heavy atom. The maximum atomic E-state index is 13.3. The van der Waals surface area contributed by atoms with Gasteiger partial charge in [0.25, 0.3) is 0 Å². The molecule has 4 heteroatoms. The first kappa shape index (κ1) is 20.2. The van der Waals surface area contributed by atoms with Crippen LogP contribution in [0, 0.1) is 5.82 Å². The van der Waals surface area contributed by atoms with E-state index in [2.05, 4.69) is 43.0 Å². The molecule has 0 N–H and O–H groups in total. The lowest BCUT2D eigenvalue weighted by Gasteiger charge is -2.26. The molecule has 1 aliphatic rings. The second-order valence-corrected chi connectivity index (χ2v) is 7.10. The zero-order chi connectivity index (χ0) is 19.8. The molecule has 0 spiro atoms. The van der Waals surface area contributed by atoms with Gasteiger partial charge in [-0.2, -0.15) is 0 Å². The van der Waals surface area contributed by atoms with Crippen molar-refractivity contribution in [2.24, 2.45) is 0 Å². The summed E-state index contributed by atoms with van der Waals surface area (Å²) < 4.78 is 25.1. The van der Waals surface area contributed by atoms with Gasteiger partial charge in [0.2, 0.25) is 0 Å². The summed E-state index contributed by atoms with van der Waals surface area (Å²) in [7, 11) is 0. The lowest BCUT2D eigenvalue weighted by atomic mass is 10.1. The van der Waals surface area contributed by atoms with Gasteiger partial charge in [-0.3, -0.25) is 0 Å². The highest BCUT2D eigenvalue weighted by Gasteiger charge is 2.19. The van der Waals surface area contributed by atoms with E-state index in [1.54, 1.807) is 12.1 Å². The standard InChI is InChI=1S/C24H30FNO2/c1-3-5-15-26(16-6-4-2)22-13-9-20(10-14-22)24-23(27-17-18-28-24)19-7-11-21(25)12-8-19/h7-14H,3-6,15-18H2,1-2H3. The van der Waals surface area contributed by atoms with Crippen LogP contribution in [0.3, 0.4) is 0 Å². The second kappa shape index (κ2) is 10.2. The molecule has 1 heterocycles. The molecule has 2 aromatic rings. The summed E-state index contributed by atoms with van der Waals surface area (Å²) in [5.41, 5.74) is 3.05. The Bertz CT molecular complexity index is 760. The Hall–Kier alpha value is -2.49. The SMILES string of the molecule is CCCCN(CCCC)c1ccc(C2=C(c3ccc(F)cc3)OCCO2)cc1. The summed E-state index contributed by atoms with van der Waals surface area (Å²) >= 11 is 0. The largest absolute Gasteiger partial charge is 0.485 e. The smallest absolute Gasteiger partial charge is 0.169 e. The number of benzene rings is 2. The fourth-order valence-electron chi connectivity index (χ4n) is 3.34. The number of halogens is 1. The lowest BCUT2D eigenvalue weighted by Crippen LogP contribution is -2.25. The maximum Gasteiger partial charge on any atom is 0.169 e. The summed E-state index contributed by atoms with van der Waals surface area (Å²) in [5, 5.41) is 0. The Labute approximate surface area is 167 Å². The quantitative estimate of drug-likeness (QED) is 0.522. The summed E-state index contributed by atoms with van der Waals surface area (Å²) in [4.78, 5) is 2.46. The van der Waals surface area contributed by atoms with E-state index < -0.39 is 0 Å². The van der Waals surface area contributed by atoms with Crippen molar-refractivity contribution in [1.82, 2.24) is 0 Å². The number of anilines is 1. The maximum absolute atomic E-state index is 13.3. The van der Waals surface area contributed by atoms with Gasteiger partial charge in [0.1, 0.15) is 19.0 Å². The molecule has 0 aliphatic carbocycles. The Balaban J connectivity index is 1.86. The van der Waals surface area contributed by atoms with Gasteiger partial charge in [0, 0.05) is 29.9 Å². The third kappa shape index (κ3) is 5.06. The van der Waals surface area contributed by atoms with Crippen molar-refractivity contribution in [2.45, 2.75) is 39.5 Å². The van der Waals surface area contributed by atoms with Gasteiger partial charge < -0.3 is 14.4 Å². The van der Waals surface area contributed by atoms with Gasteiger partial charge in [-0.15, -0.1) is 0 Å². The van der Waals surface area contributed by atoms with Crippen molar-refractivity contribution < 1.29 is 13.9 Å². The average Bonchev–Trinajstić information content (AvgIpc) is 2.75. The highest BCUT2D eigenvalue weighted by Crippen LogP contribution is 2.32. The molecular formula is C24H30FNO2. The number of rotatable bonds is 9. The fourth-order valence-corrected chi connectivity index (χ4v) is 3.34. The normalized spacial score (nSPS) is 13.8. The first-order valence-electron chi connectivity index (χ1n) is 10.3. The molecule has 0 atom stereocenters. The molecule has 0 saturated carbocycles. The predicted molar refractivity (Wildman–Crippen MR) is 114 cm³/mol. The Morgan fingerprint density at radius 2 is 1.21 bits per heavy atom. The number of unbranched alkanes of at least 4 members (excludes halogenated alkanes) is 2. The van der Waals surface area contributed by atoms with Crippen molar-refractivity contribution in [1.29, 1.82) is 0 Å². The molecule has 0 saturated heterocycles. The summed E-state index contributed by atoms with van der Waals surface area (Å²) in [6, 6.07) is 14.8. The molecule has 1 aliphatic heterocycles. The van der Waals surface area contributed by atoms with Crippen LogP contribution in [-0.2, 0) is 9.47 Å². The predicted octanol–water partition coefficient (Wildman–Crippen LogP) is 6.10. The van der Waals surface area contributed by atoms with E-state index in [0.717, 1.165) is 30.0 Å². The van der Waals surface area contributed by atoms with Crippen molar-refractivity contribution in [3.8, 4) is 0 Å². The molecule has 3 nitrogen and oxygen atoms in total. The number of nitrogens with zero attached hydrogens (tertiary/aromatic N) is 1. The van der Waals surface area contributed by atoms with E-state index in [1.165, 1.54) is 43.5 Å². The van der Waals surface area contributed by atoms with Gasteiger partial charge in [-0.05, 0) is 61.4 Å². The zero-order valence-electron chi connectivity index (χ0n) is 16.9. The molecule has 0 radical (unpaired) electrons. The van der Waals surface area contributed by atoms with Crippen LogP contribution in [0.2, 0.25) is 0 Å². The van der Waals surface area contributed by atoms with Gasteiger partial charge in [0.05, 0.1) is 0 Å². The van der Waals surface area contributed by atoms with Crippen molar-refractivity contribution in [2.75, 3.05) is 31.2 Å². The third-order valence-electron chi connectivity index (χ3n) is 4.95. The molecule has 28 heavy (non-hydrogen) atoms. The first-order valence-corrected chi connectivity index (χ1v) is 10.3. The molecule has 150 valence electrons. The molecule has 0 fully saturated rings. The van der Waals surface area contributed by atoms with Gasteiger partial charge in [-0.1, -0.05) is 26.7 Å². The van der Waals surface area contributed by atoms with E-state index in [-0.39, 0.29) is 5.82 Å². The van der Waals surface area contributed by atoms with Crippen molar-refractivity contribution >= 4 is 17.2 Å². The van der Waals surface area contributed by atoms with Crippen LogP contribution >= 0.6 is 0 Å². The minimum absolute atomic E-state index is 0.258. The van der Waals surface area contributed by atoms with Crippen LogP contribution < -0.4 is 4.90 Å². The number of hydrogen-bond donors (Lipinski definition) is 0. The van der Waals surface area contributed by atoms with Crippen LogP contribution in [0.5, 0.6) is 0 Å². The molecule has 2 aromatic carbocycles. The monoisotopic (exact) mass is 383 g/mol. The van der Waals surface area contributed by atoms with E-state index in [9.17, 15) is 4.39 Å². The average molecular weight is 384 g/mol. The van der Waals surface area contributed by atoms with Crippen molar-refractivity contribution in [3.63, 3.8) is 0 Å². The molecule has 3 rings (SSSR count). The molecule has 0 unspecified atom stereocenters. The third-order valence-corrected chi connectivity index (χ3v) is 4.95. The zero-order valence-corrected chi connectivity index (χ0v) is 16.9. The minimum Gasteiger partial charge on any atom is -0.485 e. The first-order chi connectivity index (χ1) is 13.7. The number of ether oxygens (including phenoxy) is 2.